The average molecular weight is 1450 g/mol. The highest BCUT2D eigenvalue weighted by Gasteiger charge is 2.30. The molecule has 0 aliphatic rings. The molecule has 3 unspecified atom stereocenters. The van der Waals surface area contributed by atoms with Crippen LogP contribution in [0.4, 0.5) is 0 Å². The number of rotatable bonds is 77. The molecular formula is C80H152O17P2. The van der Waals surface area contributed by atoms with Crippen LogP contribution in [0.5, 0.6) is 0 Å². The molecular weight excluding hydrogens is 1290 g/mol. The number of aliphatic hydroxyl groups is 1. The maximum absolute atomic E-state index is 13.1. The van der Waals surface area contributed by atoms with Crippen LogP contribution in [0.15, 0.2) is 24.3 Å². The molecule has 0 saturated heterocycles. The van der Waals surface area contributed by atoms with Gasteiger partial charge in [0.15, 0.2) is 12.2 Å². The molecule has 0 aromatic carbocycles. The van der Waals surface area contributed by atoms with Gasteiger partial charge in [-0.1, -0.05) is 342 Å². The lowest BCUT2D eigenvalue weighted by molar-refractivity contribution is -0.161. The van der Waals surface area contributed by atoms with Crippen molar-refractivity contribution in [3.05, 3.63) is 24.3 Å². The van der Waals surface area contributed by atoms with E-state index in [1.54, 1.807) is 0 Å². The van der Waals surface area contributed by atoms with Crippen molar-refractivity contribution in [2.75, 3.05) is 39.6 Å². The predicted octanol–water partition coefficient (Wildman–Crippen LogP) is 23.4. The molecule has 0 aromatic rings. The van der Waals surface area contributed by atoms with Crippen molar-refractivity contribution in [2.24, 2.45) is 11.8 Å². The van der Waals surface area contributed by atoms with Gasteiger partial charge in [0.1, 0.15) is 19.3 Å². The third kappa shape index (κ3) is 72.3. The molecule has 99 heavy (non-hydrogen) atoms. The Hall–Kier alpha value is -2.46. The van der Waals surface area contributed by atoms with Gasteiger partial charge in [-0.2, -0.15) is 0 Å². The van der Waals surface area contributed by atoms with Crippen LogP contribution in [0.3, 0.4) is 0 Å². The maximum atomic E-state index is 13.1. The Morgan fingerprint density at radius 1 is 0.333 bits per heavy atom. The Morgan fingerprint density at radius 3 is 0.909 bits per heavy atom. The first-order valence-corrected chi connectivity index (χ1v) is 43.8. The van der Waals surface area contributed by atoms with Crippen molar-refractivity contribution in [2.45, 2.75) is 413 Å². The number of hydrogen-bond acceptors (Lipinski definition) is 15. The summed E-state index contributed by atoms with van der Waals surface area (Å²) in [5.74, 6) is -0.506. The van der Waals surface area contributed by atoms with Crippen molar-refractivity contribution in [1.82, 2.24) is 0 Å². The van der Waals surface area contributed by atoms with E-state index in [0.29, 0.717) is 25.7 Å². The van der Waals surface area contributed by atoms with Gasteiger partial charge in [0.05, 0.1) is 26.4 Å². The summed E-state index contributed by atoms with van der Waals surface area (Å²) in [5.41, 5.74) is 0. The fourth-order valence-corrected chi connectivity index (χ4v) is 13.4. The first-order chi connectivity index (χ1) is 47.9. The van der Waals surface area contributed by atoms with Gasteiger partial charge in [-0.25, -0.2) is 9.13 Å². The minimum Gasteiger partial charge on any atom is -0.462 e. The molecule has 0 amide bonds. The summed E-state index contributed by atoms with van der Waals surface area (Å²) in [7, 11) is -9.93. The normalized spacial score (nSPS) is 14.4. The summed E-state index contributed by atoms with van der Waals surface area (Å²) in [5, 5.41) is 10.6. The van der Waals surface area contributed by atoms with Crippen LogP contribution in [0.2, 0.25) is 0 Å². The molecule has 0 aliphatic carbocycles. The molecule has 6 atom stereocenters. The van der Waals surface area contributed by atoms with Crippen molar-refractivity contribution in [3.63, 3.8) is 0 Å². The Kier molecular flexibility index (Phi) is 69.4. The third-order valence-corrected chi connectivity index (χ3v) is 20.3. The van der Waals surface area contributed by atoms with E-state index in [1.807, 2.05) is 0 Å². The number of phosphoric acid groups is 2. The van der Waals surface area contributed by atoms with E-state index in [4.69, 9.17) is 37.0 Å². The van der Waals surface area contributed by atoms with Crippen molar-refractivity contribution in [1.29, 1.82) is 0 Å². The number of carbonyl (C=O) groups is 4. The highest BCUT2D eigenvalue weighted by atomic mass is 31.2. The van der Waals surface area contributed by atoms with Crippen LogP contribution in [0.1, 0.15) is 395 Å². The number of ether oxygens (including phenoxy) is 4. The number of hydrogen-bond donors (Lipinski definition) is 3. The second kappa shape index (κ2) is 71.2. The molecule has 3 N–H and O–H groups in total. The average Bonchev–Trinajstić information content (AvgIpc) is 0.960. The van der Waals surface area contributed by atoms with Crippen LogP contribution in [-0.4, -0.2) is 96.7 Å². The van der Waals surface area contributed by atoms with E-state index in [0.717, 1.165) is 115 Å². The lowest BCUT2D eigenvalue weighted by atomic mass is 9.99. The topological polar surface area (TPSA) is 237 Å². The fraction of sp³-hybridized carbons (Fsp3) is 0.900. The number of esters is 4. The second-order valence-electron chi connectivity index (χ2n) is 28.8. The monoisotopic (exact) mass is 1450 g/mol. The van der Waals surface area contributed by atoms with E-state index in [1.165, 1.54) is 199 Å². The number of aliphatic hydroxyl groups excluding tert-OH is 1. The Balaban J connectivity index is 5.28. The Morgan fingerprint density at radius 2 is 0.596 bits per heavy atom. The van der Waals surface area contributed by atoms with Gasteiger partial charge in [0.25, 0.3) is 0 Å². The smallest absolute Gasteiger partial charge is 0.462 e. The van der Waals surface area contributed by atoms with E-state index in [-0.39, 0.29) is 25.7 Å². The van der Waals surface area contributed by atoms with Gasteiger partial charge < -0.3 is 33.8 Å². The summed E-state index contributed by atoms with van der Waals surface area (Å²) in [6.07, 6.45) is 63.1. The molecule has 0 aromatic heterocycles. The third-order valence-electron chi connectivity index (χ3n) is 18.4. The highest BCUT2D eigenvalue weighted by molar-refractivity contribution is 7.47. The summed E-state index contributed by atoms with van der Waals surface area (Å²) < 4.78 is 68.6. The highest BCUT2D eigenvalue weighted by Crippen LogP contribution is 2.45. The van der Waals surface area contributed by atoms with Crippen LogP contribution >= 0.6 is 15.6 Å². The van der Waals surface area contributed by atoms with Gasteiger partial charge in [0, 0.05) is 25.7 Å². The van der Waals surface area contributed by atoms with E-state index in [9.17, 15) is 43.2 Å². The van der Waals surface area contributed by atoms with E-state index < -0.39 is 97.5 Å². The fourth-order valence-electron chi connectivity index (χ4n) is 11.8. The van der Waals surface area contributed by atoms with Gasteiger partial charge in [-0.15, -0.1) is 0 Å². The second-order valence-corrected chi connectivity index (χ2v) is 31.7. The Bertz CT molecular complexity index is 2000. The summed E-state index contributed by atoms with van der Waals surface area (Å²) in [4.78, 5) is 72.9. The number of carbonyl (C=O) groups excluding carboxylic acids is 4. The molecule has 0 bridgehead atoms. The lowest BCUT2D eigenvalue weighted by Crippen LogP contribution is -2.30. The summed E-state index contributed by atoms with van der Waals surface area (Å²) in [6.45, 7) is 9.62. The van der Waals surface area contributed by atoms with Crippen molar-refractivity contribution >= 4 is 39.5 Å². The van der Waals surface area contributed by atoms with Crippen LogP contribution < -0.4 is 0 Å². The zero-order valence-electron chi connectivity index (χ0n) is 64.3. The van der Waals surface area contributed by atoms with E-state index >= 15 is 0 Å². The van der Waals surface area contributed by atoms with Crippen LogP contribution in [0.25, 0.3) is 0 Å². The predicted molar refractivity (Wildman–Crippen MR) is 404 cm³/mol. The van der Waals surface area contributed by atoms with Crippen molar-refractivity contribution in [3.8, 4) is 0 Å². The van der Waals surface area contributed by atoms with E-state index in [2.05, 4.69) is 65.8 Å². The molecule has 0 aliphatic heterocycles. The molecule has 584 valence electrons. The quantitative estimate of drug-likeness (QED) is 0.0169. The van der Waals surface area contributed by atoms with Gasteiger partial charge in [0.2, 0.25) is 0 Å². The summed E-state index contributed by atoms with van der Waals surface area (Å²) >= 11 is 0. The molecule has 0 heterocycles. The SMILES string of the molecule is CCCCCC/C=C\C=C/CCCCCCCC(=O)O[C@H](COC(=O)CCCCCCCCCCCC)COP(=O)(O)OC[C@H](O)COP(=O)(O)OC[C@@H](COC(=O)CCCCCCCCCCCCCCCC(C)C)OC(=O)CCCCCCCCCCCCCCCCC(C)CC. The zero-order chi connectivity index (χ0) is 72.8. The van der Waals surface area contributed by atoms with Crippen LogP contribution in [0, 0.1) is 11.8 Å². The number of unbranched alkanes of at least 4 members (excludes halogenated alkanes) is 43. The lowest BCUT2D eigenvalue weighted by Gasteiger charge is -2.21. The first kappa shape index (κ1) is 96.5. The van der Waals surface area contributed by atoms with Gasteiger partial charge in [-0.05, 0) is 63.2 Å². The molecule has 0 radical (unpaired) electrons. The minimum absolute atomic E-state index is 0.0852. The number of phosphoric ester groups is 2. The molecule has 0 saturated carbocycles. The Labute approximate surface area is 605 Å². The van der Waals surface area contributed by atoms with Crippen LogP contribution in [-0.2, 0) is 65.4 Å². The molecule has 19 heteroatoms. The standard InChI is InChI=1S/C80H152O17P2/c1-7-10-12-14-16-18-20-21-22-28-34-40-46-52-58-64-79(84)96-75(68-90-77(82)62-56-50-44-38-19-17-15-13-11-8-2)70-94-98(86,87)92-66-74(81)67-93-99(88,89)95-71-76(69-91-78(83)63-57-51-45-39-33-30-25-26-31-36-42-48-54-60-72(4)5)97-80(85)65-59-53-47-41-35-29-24-23-27-32-37-43-49-55-61-73(6)9-3/h18,20-22,72-76,81H,7-17,19,23-71H2,1-6H3,(H,86,87)(H,88,89)/b20-18-,22-21-/t73?,74-,75+,76+/m0/s1. The molecule has 0 fully saturated rings. The molecule has 0 rings (SSSR count). The first-order valence-electron chi connectivity index (χ1n) is 40.8. The van der Waals surface area contributed by atoms with Gasteiger partial charge >= 0.3 is 39.5 Å². The van der Waals surface area contributed by atoms with Gasteiger partial charge in [-0.3, -0.25) is 37.3 Å². The number of allylic oxidation sites excluding steroid dienone is 4. The molecule has 17 nitrogen and oxygen atoms in total. The molecule has 0 spiro atoms. The maximum Gasteiger partial charge on any atom is 0.472 e. The minimum atomic E-state index is -4.97. The summed E-state index contributed by atoms with van der Waals surface area (Å²) in [6, 6.07) is 0. The zero-order valence-corrected chi connectivity index (χ0v) is 66.1. The largest absolute Gasteiger partial charge is 0.472 e. The van der Waals surface area contributed by atoms with Crippen molar-refractivity contribution < 1.29 is 80.2 Å².